The zero-order valence-electron chi connectivity index (χ0n) is 21.8. The van der Waals surface area contributed by atoms with Gasteiger partial charge in [0, 0.05) is 0 Å². The van der Waals surface area contributed by atoms with Crippen LogP contribution in [0.2, 0.25) is 0 Å². The molecule has 1 aromatic carbocycles. The van der Waals surface area contributed by atoms with Crippen molar-refractivity contribution in [3.8, 4) is 47.0 Å². The molecule has 2 heterocycles. The summed E-state index contributed by atoms with van der Waals surface area (Å²) >= 11 is 0. The summed E-state index contributed by atoms with van der Waals surface area (Å²) in [6.07, 6.45) is -0.894. The maximum atomic E-state index is 13.2. The van der Waals surface area contributed by atoms with Gasteiger partial charge < -0.3 is 42.6 Å². The Morgan fingerprint density at radius 3 is 1.51 bits per heavy atom. The molecule has 15 nitrogen and oxygen atoms in total. The van der Waals surface area contributed by atoms with Crippen LogP contribution in [0.25, 0.3) is 0 Å². The molecule has 0 aliphatic carbocycles. The van der Waals surface area contributed by atoms with Crippen LogP contribution in [-0.2, 0) is 14.2 Å². The second-order valence-corrected chi connectivity index (χ2v) is 6.97. The summed E-state index contributed by atoms with van der Waals surface area (Å²) in [4.78, 5) is 41.0. The van der Waals surface area contributed by atoms with Crippen molar-refractivity contribution in [2.24, 2.45) is 0 Å². The molecule has 0 radical (unpaired) electrons. The van der Waals surface area contributed by atoms with Crippen LogP contribution in [0.15, 0.2) is 30.3 Å². The van der Waals surface area contributed by atoms with E-state index in [4.69, 9.17) is 37.9 Å². The highest BCUT2D eigenvalue weighted by molar-refractivity contribution is 5.95. The summed E-state index contributed by atoms with van der Waals surface area (Å²) in [5, 5.41) is 0. The highest BCUT2D eigenvalue weighted by atomic mass is 16.7. The van der Waals surface area contributed by atoms with Crippen LogP contribution in [0.5, 0.6) is 47.0 Å². The van der Waals surface area contributed by atoms with E-state index in [0.717, 1.165) is 0 Å². The predicted octanol–water partition coefficient (Wildman–Crippen LogP) is 3.22. The summed E-state index contributed by atoms with van der Waals surface area (Å²) < 4.78 is 46.9. The number of benzene rings is 1. The van der Waals surface area contributed by atoms with E-state index in [9.17, 15) is 9.59 Å². The fraction of sp³-hybridized carbons (Fsp3) is 0.333. The summed E-state index contributed by atoms with van der Waals surface area (Å²) in [5.74, 6) is -0.369. The van der Waals surface area contributed by atoms with E-state index in [1.807, 2.05) is 0 Å². The standard InChI is InChI=1S/C24H26N4O11/c1-6-35-24(30)37-11-10-36-21(29)20-14(38-22-25-16(31-2)12-17(26-22)32-3)8-7-9-15(20)39-23-27-18(33-4)13-19(28-23)34-5/h7-9,12-13H,6,10-11H2,1-5H3. The number of hydrogen-bond donors (Lipinski definition) is 0. The van der Waals surface area contributed by atoms with E-state index in [-0.39, 0.29) is 72.4 Å². The lowest BCUT2D eigenvalue weighted by molar-refractivity contribution is 0.0239. The van der Waals surface area contributed by atoms with Crippen molar-refractivity contribution >= 4 is 12.1 Å². The second kappa shape index (κ2) is 14.0. The molecule has 208 valence electrons. The highest BCUT2D eigenvalue weighted by Crippen LogP contribution is 2.35. The quantitative estimate of drug-likeness (QED) is 0.226. The van der Waals surface area contributed by atoms with Gasteiger partial charge in [-0.2, -0.15) is 19.9 Å². The number of hydrogen-bond acceptors (Lipinski definition) is 15. The summed E-state index contributed by atoms with van der Waals surface area (Å²) in [5.41, 5.74) is -0.176. The minimum absolute atomic E-state index is 0.0472. The Kier molecular flexibility index (Phi) is 10.2. The second-order valence-electron chi connectivity index (χ2n) is 6.97. The average molecular weight is 546 g/mol. The zero-order chi connectivity index (χ0) is 28.2. The van der Waals surface area contributed by atoms with E-state index in [1.54, 1.807) is 13.0 Å². The maximum absolute atomic E-state index is 13.2. The molecule has 0 unspecified atom stereocenters. The first kappa shape index (κ1) is 28.5. The van der Waals surface area contributed by atoms with Gasteiger partial charge in [-0.25, -0.2) is 9.59 Å². The number of aromatic nitrogens is 4. The van der Waals surface area contributed by atoms with Gasteiger partial charge in [-0.15, -0.1) is 0 Å². The van der Waals surface area contributed by atoms with Crippen molar-refractivity contribution in [1.82, 2.24) is 19.9 Å². The number of nitrogens with zero attached hydrogens (tertiary/aromatic N) is 4. The smallest absolute Gasteiger partial charge is 0.481 e. The van der Waals surface area contributed by atoms with E-state index in [0.29, 0.717) is 0 Å². The molecule has 0 atom stereocenters. The van der Waals surface area contributed by atoms with Crippen LogP contribution in [0.4, 0.5) is 4.79 Å². The van der Waals surface area contributed by atoms with Gasteiger partial charge in [0.05, 0.1) is 47.2 Å². The van der Waals surface area contributed by atoms with Crippen molar-refractivity contribution < 1.29 is 52.2 Å². The SMILES string of the molecule is CCOC(=O)OCCOC(=O)c1c(Oc2nc(OC)cc(OC)n2)cccc1Oc1nc(OC)cc(OC)n1. The van der Waals surface area contributed by atoms with Crippen molar-refractivity contribution in [2.45, 2.75) is 6.92 Å². The van der Waals surface area contributed by atoms with Gasteiger partial charge in [-0.05, 0) is 19.1 Å². The van der Waals surface area contributed by atoms with Crippen LogP contribution in [0.1, 0.15) is 17.3 Å². The first-order chi connectivity index (χ1) is 18.9. The van der Waals surface area contributed by atoms with Crippen LogP contribution in [0, 0.1) is 0 Å². The molecule has 0 bridgehead atoms. The Balaban J connectivity index is 1.95. The Morgan fingerprint density at radius 2 is 1.10 bits per heavy atom. The van der Waals surface area contributed by atoms with Crippen molar-refractivity contribution in [2.75, 3.05) is 48.3 Å². The van der Waals surface area contributed by atoms with Gasteiger partial charge in [-0.1, -0.05) is 6.07 Å². The molecule has 0 fully saturated rings. The van der Waals surface area contributed by atoms with Crippen LogP contribution >= 0.6 is 0 Å². The summed E-state index contributed by atoms with van der Waals surface area (Å²) in [6.45, 7) is 1.22. The third-order valence-electron chi connectivity index (χ3n) is 4.55. The maximum Gasteiger partial charge on any atom is 0.508 e. The minimum atomic E-state index is -0.894. The van der Waals surface area contributed by atoms with Gasteiger partial charge >= 0.3 is 24.1 Å². The highest BCUT2D eigenvalue weighted by Gasteiger charge is 2.24. The number of carbonyl (C=O) groups is 2. The third kappa shape index (κ3) is 7.95. The van der Waals surface area contributed by atoms with Crippen LogP contribution < -0.4 is 28.4 Å². The van der Waals surface area contributed by atoms with Crippen molar-refractivity contribution in [1.29, 1.82) is 0 Å². The zero-order valence-corrected chi connectivity index (χ0v) is 21.8. The van der Waals surface area contributed by atoms with Gasteiger partial charge in [0.2, 0.25) is 23.5 Å². The monoisotopic (exact) mass is 546 g/mol. The van der Waals surface area contributed by atoms with Crippen LogP contribution in [-0.4, -0.2) is 80.3 Å². The normalized spacial score (nSPS) is 10.2. The van der Waals surface area contributed by atoms with Gasteiger partial charge in [0.1, 0.15) is 30.3 Å². The Morgan fingerprint density at radius 1 is 0.667 bits per heavy atom. The average Bonchev–Trinajstić information content (AvgIpc) is 2.95. The predicted molar refractivity (Wildman–Crippen MR) is 130 cm³/mol. The van der Waals surface area contributed by atoms with Crippen LogP contribution in [0.3, 0.4) is 0 Å². The number of esters is 1. The minimum Gasteiger partial charge on any atom is -0.481 e. The summed E-state index contributed by atoms with van der Waals surface area (Å²) in [7, 11) is 5.63. The molecular weight excluding hydrogens is 520 g/mol. The Labute approximate surface area is 222 Å². The molecule has 2 aromatic heterocycles. The van der Waals surface area contributed by atoms with Gasteiger partial charge in [0.15, 0.2) is 0 Å². The first-order valence-corrected chi connectivity index (χ1v) is 11.3. The molecule has 3 aromatic rings. The molecule has 0 aliphatic rings. The number of ether oxygens (including phenoxy) is 9. The molecule has 0 saturated heterocycles. The number of methoxy groups -OCH3 is 4. The Hall–Kier alpha value is -5.08. The molecule has 0 amide bonds. The lowest BCUT2D eigenvalue weighted by Gasteiger charge is -2.15. The first-order valence-electron chi connectivity index (χ1n) is 11.3. The molecule has 0 aliphatic heterocycles. The molecule has 0 spiro atoms. The molecule has 39 heavy (non-hydrogen) atoms. The van der Waals surface area contributed by atoms with Gasteiger partial charge in [-0.3, -0.25) is 0 Å². The van der Waals surface area contributed by atoms with Gasteiger partial charge in [0.25, 0.3) is 0 Å². The fourth-order valence-electron chi connectivity index (χ4n) is 2.85. The molecule has 3 rings (SSSR count). The number of carbonyl (C=O) groups excluding carboxylic acids is 2. The van der Waals surface area contributed by atoms with E-state index in [2.05, 4.69) is 24.7 Å². The summed E-state index contributed by atoms with van der Waals surface area (Å²) in [6, 6.07) is 6.96. The molecular formula is C24H26N4O11. The molecule has 0 N–H and O–H groups in total. The van der Waals surface area contributed by atoms with Crippen molar-refractivity contribution in [3.05, 3.63) is 35.9 Å². The largest absolute Gasteiger partial charge is 0.508 e. The molecule has 15 heteroatoms. The topological polar surface area (TPSA) is 169 Å². The molecule has 0 saturated carbocycles. The Bertz CT molecular complexity index is 1170. The van der Waals surface area contributed by atoms with E-state index in [1.165, 1.54) is 52.7 Å². The van der Waals surface area contributed by atoms with E-state index >= 15 is 0 Å². The van der Waals surface area contributed by atoms with E-state index < -0.39 is 12.1 Å². The lowest BCUT2D eigenvalue weighted by Crippen LogP contribution is -2.16. The third-order valence-corrected chi connectivity index (χ3v) is 4.55. The lowest BCUT2D eigenvalue weighted by atomic mass is 10.2. The fourth-order valence-corrected chi connectivity index (χ4v) is 2.85. The number of rotatable bonds is 13. The van der Waals surface area contributed by atoms with Crippen molar-refractivity contribution in [3.63, 3.8) is 0 Å².